The first-order valence-corrected chi connectivity index (χ1v) is 4.79. The Kier molecular flexibility index (Phi) is 3.09. The fraction of sp³-hybridized carbons (Fsp3) is 0.500. The van der Waals surface area contributed by atoms with Crippen LogP contribution in [0.1, 0.15) is 0 Å². The summed E-state index contributed by atoms with van der Waals surface area (Å²) in [5.41, 5.74) is 0. The zero-order valence-electron chi connectivity index (χ0n) is 6.64. The number of hydrogen-bond acceptors (Lipinski definition) is 4. The molecule has 12 heavy (non-hydrogen) atoms. The molecule has 1 heterocycles. The van der Waals surface area contributed by atoms with Crippen LogP contribution >= 0.6 is 11.8 Å². The minimum Gasteiger partial charge on any atom is -0.390 e. The average molecular weight is 187 g/mol. The third-order valence-electron chi connectivity index (χ3n) is 1.39. The molecule has 0 aromatic carbocycles. The smallest absolute Gasteiger partial charge is 0.390 e. The maximum absolute atomic E-state index is 10.4. The normalized spacial score (nSPS) is 10.1. The summed E-state index contributed by atoms with van der Waals surface area (Å²) in [5.74, 6) is 0.779. The number of hydrogen-bond donors (Lipinski definition) is 0. The Morgan fingerprint density at radius 1 is 1.83 bits per heavy atom. The fourth-order valence-corrected chi connectivity index (χ4v) is 1.22. The van der Waals surface area contributed by atoms with Crippen molar-refractivity contribution in [3.05, 3.63) is 22.5 Å². The van der Waals surface area contributed by atoms with Gasteiger partial charge in [-0.25, -0.2) is 4.57 Å². The Balaban J connectivity index is 2.70. The molecule has 0 bridgehead atoms. The number of aromatic nitrogens is 2. The largest absolute Gasteiger partial charge is 0.434 e. The Labute approximate surface area is 73.9 Å². The Morgan fingerprint density at radius 2 is 2.58 bits per heavy atom. The van der Waals surface area contributed by atoms with Crippen LogP contribution in [0.15, 0.2) is 12.4 Å². The molecule has 0 aliphatic heterocycles. The topological polar surface area (TPSA) is 61.0 Å². The molecule has 0 N–H and O–H groups in total. The summed E-state index contributed by atoms with van der Waals surface area (Å²) >= 11 is 1.65. The van der Waals surface area contributed by atoms with Gasteiger partial charge in [0, 0.05) is 5.75 Å². The van der Waals surface area contributed by atoms with E-state index in [-0.39, 0.29) is 5.95 Å². The zero-order chi connectivity index (χ0) is 8.97. The average Bonchev–Trinajstić information content (AvgIpc) is 2.48. The van der Waals surface area contributed by atoms with Crippen LogP contribution < -0.4 is 0 Å². The zero-order valence-corrected chi connectivity index (χ0v) is 7.45. The van der Waals surface area contributed by atoms with E-state index >= 15 is 0 Å². The van der Waals surface area contributed by atoms with Gasteiger partial charge in [-0.05, 0) is 11.2 Å². The van der Waals surface area contributed by atoms with E-state index in [1.165, 1.54) is 10.8 Å². The van der Waals surface area contributed by atoms with Gasteiger partial charge in [-0.1, -0.05) is 4.98 Å². The van der Waals surface area contributed by atoms with Crippen LogP contribution in [0.3, 0.4) is 0 Å². The third-order valence-corrected chi connectivity index (χ3v) is 1.98. The summed E-state index contributed by atoms with van der Waals surface area (Å²) in [5, 5.41) is 10.4. The summed E-state index contributed by atoms with van der Waals surface area (Å²) in [6, 6.07) is 0. The second-order valence-corrected chi connectivity index (χ2v) is 3.16. The standard InChI is InChI=1S/C6H9N3O2S/c1-12-5-4-8-3-2-7-6(8)9(10)11/h2-3H,4-5H2,1H3. The van der Waals surface area contributed by atoms with Crippen molar-refractivity contribution < 1.29 is 4.92 Å². The van der Waals surface area contributed by atoms with Crippen molar-refractivity contribution in [2.75, 3.05) is 12.0 Å². The van der Waals surface area contributed by atoms with Gasteiger partial charge in [0.25, 0.3) is 0 Å². The lowest BCUT2D eigenvalue weighted by atomic mass is 10.7. The van der Waals surface area contributed by atoms with Crippen molar-refractivity contribution >= 4 is 17.7 Å². The third kappa shape index (κ3) is 1.97. The van der Waals surface area contributed by atoms with Gasteiger partial charge in [-0.15, -0.1) is 0 Å². The summed E-state index contributed by atoms with van der Waals surface area (Å²) in [4.78, 5) is 13.5. The number of imidazole rings is 1. The van der Waals surface area contributed by atoms with Crippen LogP contribution in [0.25, 0.3) is 0 Å². The first kappa shape index (κ1) is 9.05. The van der Waals surface area contributed by atoms with E-state index in [4.69, 9.17) is 0 Å². The molecule has 1 rings (SSSR count). The molecule has 0 atom stereocenters. The minimum absolute atomic E-state index is 0.0796. The molecule has 0 saturated carbocycles. The number of thioether (sulfide) groups is 1. The number of nitro groups is 1. The maximum Gasteiger partial charge on any atom is 0.434 e. The number of rotatable bonds is 4. The Hall–Kier alpha value is -1.04. The summed E-state index contributed by atoms with van der Waals surface area (Å²) in [6.45, 7) is 0.636. The van der Waals surface area contributed by atoms with E-state index in [9.17, 15) is 10.1 Å². The second-order valence-electron chi connectivity index (χ2n) is 2.17. The second kappa shape index (κ2) is 4.10. The first-order valence-electron chi connectivity index (χ1n) is 3.40. The highest BCUT2D eigenvalue weighted by Gasteiger charge is 2.12. The Morgan fingerprint density at radius 3 is 3.17 bits per heavy atom. The highest BCUT2D eigenvalue weighted by atomic mass is 32.2. The molecule has 66 valence electrons. The maximum atomic E-state index is 10.4. The number of aryl methyl sites for hydroxylation is 1. The van der Waals surface area contributed by atoms with Crippen LogP contribution in [-0.4, -0.2) is 26.5 Å². The SMILES string of the molecule is CSCCn1ccnc1[N+](=O)[O-]. The molecule has 0 spiro atoms. The van der Waals surface area contributed by atoms with Crippen LogP contribution in [0.5, 0.6) is 0 Å². The molecular formula is C6H9N3O2S. The minimum atomic E-state index is -0.472. The van der Waals surface area contributed by atoms with Crippen molar-refractivity contribution in [3.63, 3.8) is 0 Å². The van der Waals surface area contributed by atoms with Gasteiger partial charge in [0.15, 0.2) is 0 Å². The lowest BCUT2D eigenvalue weighted by Crippen LogP contribution is -2.04. The molecule has 1 aromatic rings. The lowest BCUT2D eigenvalue weighted by molar-refractivity contribution is -0.396. The molecule has 0 aliphatic rings. The van der Waals surface area contributed by atoms with E-state index in [1.807, 2.05) is 6.26 Å². The fourth-order valence-electron chi connectivity index (χ4n) is 0.837. The highest BCUT2D eigenvalue weighted by Crippen LogP contribution is 2.08. The van der Waals surface area contributed by atoms with E-state index in [1.54, 1.807) is 18.0 Å². The van der Waals surface area contributed by atoms with Crippen molar-refractivity contribution in [3.8, 4) is 0 Å². The van der Waals surface area contributed by atoms with Crippen LogP contribution in [0.2, 0.25) is 0 Å². The van der Waals surface area contributed by atoms with E-state index in [0.717, 1.165) is 5.75 Å². The van der Waals surface area contributed by atoms with E-state index < -0.39 is 4.92 Å². The summed E-state index contributed by atoms with van der Waals surface area (Å²) in [7, 11) is 0. The van der Waals surface area contributed by atoms with Crippen molar-refractivity contribution in [2.45, 2.75) is 6.54 Å². The van der Waals surface area contributed by atoms with Gasteiger partial charge in [0.2, 0.25) is 0 Å². The predicted molar refractivity (Wildman–Crippen MR) is 47.3 cm³/mol. The van der Waals surface area contributed by atoms with E-state index in [2.05, 4.69) is 4.98 Å². The molecule has 0 fully saturated rings. The first-order chi connectivity index (χ1) is 5.75. The van der Waals surface area contributed by atoms with Crippen molar-refractivity contribution in [1.29, 1.82) is 0 Å². The van der Waals surface area contributed by atoms with Gasteiger partial charge in [-0.3, -0.25) is 0 Å². The molecular weight excluding hydrogens is 178 g/mol. The van der Waals surface area contributed by atoms with Gasteiger partial charge < -0.3 is 10.1 Å². The molecule has 0 radical (unpaired) electrons. The van der Waals surface area contributed by atoms with Crippen molar-refractivity contribution in [2.24, 2.45) is 0 Å². The van der Waals surface area contributed by atoms with Crippen LogP contribution in [-0.2, 0) is 6.54 Å². The van der Waals surface area contributed by atoms with Gasteiger partial charge in [0.1, 0.15) is 12.4 Å². The van der Waals surface area contributed by atoms with E-state index in [0.29, 0.717) is 6.54 Å². The van der Waals surface area contributed by atoms with Gasteiger partial charge in [-0.2, -0.15) is 11.8 Å². The van der Waals surface area contributed by atoms with Crippen molar-refractivity contribution in [1.82, 2.24) is 9.55 Å². The molecule has 0 saturated heterocycles. The molecule has 0 amide bonds. The quantitative estimate of drug-likeness (QED) is 0.524. The lowest BCUT2D eigenvalue weighted by Gasteiger charge is -1.98. The monoisotopic (exact) mass is 187 g/mol. The van der Waals surface area contributed by atoms with Crippen LogP contribution in [0.4, 0.5) is 5.95 Å². The molecule has 5 nitrogen and oxygen atoms in total. The summed E-state index contributed by atoms with van der Waals surface area (Å²) in [6.07, 6.45) is 5.02. The molecule has 0 aliphatic carbocycles. The Bertz CT molecular complexity index is 274. The predicted octanol–water partition coefficient (Wildman–Crippen LogP) is 1.15. The molecule has 6 heteroatoms. The number of nitrogens with zero attached hydrogens (tertiary/aromatic N) is 3. The van der Waals surface area contributed by atoms with Crippen LogP contribution in [0, 0.1) is 10.1 Å². The van der Waals surface area contributed by atoms with Gasteiger partial charge in [0.05, 0.1) is 6.54 Å². The summed E-state index contributed by atoms with van der Waals surface area (Å²) < 4.78 is 1.54. The van der Waals surface area contributed by atoms with Gasteiger partial charge >= 0.3 is 5.95 Å². The highest BCUT2D eigenvalue weighted by molar-refractivity contribution is 7.98. The molecule has 0 unspecified atom stereocenters. The molecule has 1 aromatic heterocycles.